The lowest BCUT2D eigenvalue weighted by molar-refractivity contribution is 0.238. The lowest BCUT2D eigenvalue weighted by atomic mass is 10.0. The number of aromatic amines is 1. The molecule has 3 aromatic heterocycles. The zero-order chi connectivity index (χ0) is 32.5. The maximum atomic E-state index is 14.7. The van der Waals surface area contributed by atoms with E-state index in [1.54, 1.807) is 18.3 Å². The molecular formula is C34H35FN8O3S. The molecule has 0 radical (unpaired) electrons. The number of imidazole rings is 1. The molecule has 3 N–H and O–H groups in total. The van der Waals surface area contributed by atoms with E-state index < -0.39 is 15.8 Å². The van der Waals surface area contributed by atoms with Gasteiger partial charge in [0.25, 0.3) is 0 Å². The van der Waals surface area contributed by atoms with Crippen molar-refractivity contribution in [3.8, 4) is 28.3 Å². The SMILES string of the molecule is Cc1cc(OCCN2CCCC2)cc(-c2cc3c(cn2)NCN=C3c2nc3c(-c4cc(F)cc(CNS(C)(=O)=O)c4)nccc3[nH]2)c1. The first kappa shape index (κ1) is 30.9. The van der Waals surface area contributed by atoms with Crippen LogP contribution in [0.5, 0.6) is 5.75 Å². The molecule has 1 saturated heterocycles. The van der Waals surface area contributed by atoms with Gasteiger partial charge in [-0.25, -0.2) is 22.5 Å². The molecule has 1 fully saturated rings. The average Bonchev–Trinajstić information content (AvgIpc) is 3.73. The molecule has 0 amide bonds. The van der Waals surface area contributed by atoms with Gasteiger partial charge in [0.2, 0.25) is 10.0 Å². The van der Waals surface area contributed by atoms with Crippen LogP contribution in [0.15, 0.2) is 65.9 Å². The van der Waals surface area contributed by atoms with Crippen molar-refractivity contribution in [3.63, 3.8) is 0 Å². The fraction of sp³-hybridized carbons (Fsp3) is 0.294. The van der Waals surface area contributed by atoms with Crippen molar-refractivity contribution in [1.82, 2.24) is 29.6 Å². The summed E-state index contributed by atoms with van der Waals surface area (Å²) in [6.07, 6.45) is 7.01. The van der Waals surface area contributed by atoms with E-state index in [0.717, 1.165) is 59.7 Å². The molecule has 0 spiro atoms. The Labute approximate surface area is 272 Å². The van der Waals surface area contributed by atoms with Crippen molar-refractivity contribution in [2.75, 3.05) is 44.5 Å². The van der Waals surface area contributed by atoms with Gasteiger partial charge in [0, 0.05) is 36.0 Å². The number of nitrogens with zero attached hydrogens (tertiary/aromatic N) is 5. The number of anilines is 1. The van der Waals surface area contributed by atoms with Gasteiger partial charge in [-0.05, 0) is 92.5 Å². The van der Waals surface area contributed by atoms with E-state index in [1.165, 1.54) is 25.0 Å². The summed E-state index contributed by atoms with van der Waals surface area (Å²) in [4.78, 5) is 24.8. The molecule has 2 aromatic carbocycles. The van der Waals surface area contributed by atoms with Crippen molar-refractivity contribution >= 4 is 32.5 Å². The number of sulfonamides is 1. The smallest absolute Gasteiger partial charge is 0.209 e. The molecular weight excluding hydrogens is 619 g/mol. The Balaban J connectivity index is 1.19. The fourth-order valence-corrected chi connectivity index (χ4v) is 6.51. The van der Waals surface area contributed by atoms with Gasteiger partial charge in [0.05, 0.1) is 35.0 Å². The number of aryl methyl sites for hydroxylation is 1. The molecule has 0 aliphatic carbocycles. The molecule has 13 heteroatoms. The zero-order valence-electron chi connectivity index (χ0n) is 26.2. The maximum absolute atomic E-state index is 14.7. The minimum absolute atomic E-state index is 0.0461. The molecule has 5 heterocycles. The van der Waals surface area contributed by atoms with Gasteiger partial charge in [-0.15, -0.1) is 0 Å². The second-order valence-corrected chi connectivity index (χ2v) is 13.8. The van der Waals surface area contributed by atoms with E-state index >= 15 is 0 Å². The topological polar surface area (TPSA) is 137 Å². The van der Waals surface area contributed by atoms with Gasteiger partial charge >= 0.3 is 0 Å². The second-order valence-electron chi connectivity index (χ2n) is 12.0. The predicted molar refractivity (Wildman–Crippen MR) is 181 cm³/mol. The Hall–Kier alpha value is -4.72. The lowest BCUT2D eigenvalue weighted by Gasteiger charge is -2.18. The van der Waals surface area contributed by atoms with Gasteiger partial charge in [-0.3, -0.25) is 19.9 Å². The Kier molecular flexibility index (Phi) is 8.43. The highest BCUT2D eigenvalue weighted by atomic mass is 32.2. The van der Waals surface area contributed by atoms with Crippen molar-refractivity contribution in [2.45, 2.75) is 26.3 Å². The highest BCUT2D eigenvalue weighted by Gasteiger charge is 2.22. The highest BCUT2D eigenvalue weighted by Crippen LogP contribution is 2.32. The van der Waals surface area contributed by atoms with Crippen LogP contribution >= 0.6 is 0 Å². The number of halogens is 1. The number of aliphatic imine (C=N–C) groups is 1. The predicted octanol–water partition coefficient (Wildman–Crippen LogP) is 4.88. The summed E-state index contributed by atoms with van der Waals surface area (Å²) < 4.78 is 46.5. The summed E-state index contributed by atoms with van der Waals surface area (Å²) in [5.74, 6) is 0.852. The second kappa shape index (κ2) is 12.8. The standard InChI is InChI=1S/C34H35FN8O3S/c1-21-11-23(16-26(12-21)46-10-9-43-7-3-4-8-43)29-17-27-30(19-37-29)38-20-39-32(27)34-41-28-5-6-36-31(33(28)42-34)24-13-22(14-25(35)15-24)18-40-47(2,44)45/h5-6,11-17,19,38,40H,3-4,7-10,18,20H2,1-2H3,(H,41,42). The number of pyridine rings is 2. The quantitative estimate of drug-likeness (QED) is 0.194. The van der Waals surface area contributed by atoms with E-state index in [-0.39, 0.29) is 6.54 Å². The van der Waals surface area contributed by atoms with Crippen LogP contribution in [0.3, 0.4) is 0 Å². The zero-order valence-corrected chi connectivity index (χ0v) is 27.0. The number of rotatable bonds is 10. The van der Waals surface area contributed by atoms with Gasteiger partial charge in [-0.1, -0.05) is 0 Å². The molecule has 0 atom stereocenters. The van der Waals surface area contributed by atoms with Crippen LogP contribution in [0.1, 0.15) is 35.4 Å². The third-order valence-corrected chi connectivity index (χ3v) is 8.95. The number of aromatic nitrogens is 4. The largest absolute Gasteiger partial charge is 0.492 e. The van der Waals surface area contributed by atoms with E-state index in [2.05, 4.69) is 31.0 Å². The summed E-state index contributed by atoms with van der Waals surface area (Å²) in [7, 11) is -3.45. The summed E-state index contributed by atoms with van der Waals surface area (Å²) in [6.45, 7) is 6.19. The van der Waals surface area contributed by atoms with Crippen LogP contribution in [0.25, 0.3) is 33.5 Å². The third-order valence-electron chi connectivity index (χ3n) is 8.28. The van der Waals surface area contributed by atoms with Crippen LogP contribution in [-0.2, 0) is 16.6 Å². The summed E-state index contributed by atoms with van der Waals surface area (Å²) in [6, 6.07) is 14.3. The van der Waals surface area contributed by atoms with Crippen LogP contribution < -0.4 is 14.8 Å². The number of nitrogens with one attached hydrogen (secondary N) is 3. The number of H-pyrrole nitrogens is 1. The first-order chi connectivity index (χ1) is 22.7. The van der Waals surface area contributed by atoms with Crippen molar-refractivity contribution < 1.29 is 17.5 Å². The maximum Gasteiger partial charge on any atom is 0.209 e. The number of fused-ring (bicyclic) bond motifs is 2. The average molecular weight is 655 g/mol. The van der Waals surface area contributed by atoms with Gasteiger partial charge < -0.3 is 15.0 Å². The Morgan fingerprint density at radius 2 is 1.89 bits per heavy atom. The summed E-state index contributed by atoms with van der Waals surface area (Å²) >= 11 is 0. The van der Waals surface area contributed by atoms with Crippen LogP contribution in [0.2, 0.25) is 0 Å². The van der Waals surface area contributed by atoms with Crippen molar-refractivity contribution in [3.05, 3.63) is 89.3 Å². The van der Waals surface area contributed by atoms with Gasteiger partial charge in [0.1, 0.15) is 36.1 Å². The number of hydrogen-bond acceptors (Lipinski definition) is 9. The Morgan fingerprint density at radius 3 is 2.72 bits per heavy atom. The number of likely N-dealkylation sites (tertiary alicyclic amines) is 1. The molecule has 242 valence electrons. The minimum Gasteiger partial charge on any atom is -0.492 e. The van der Waals surface area contributed by atoms with E-state index in [4.69, 9.17) is 19.7 Å². The van der Waals surface area contributed by atoms with Gasteiger partial charge in [-0.2, -0.15) is 0 Å². The van der Waals surface area contributed by atoms with E-state index in [0.29, 0.717) is 52.7 Å². The molecule has 7 rings (SSSR count). The normalized spacial score (nSPS) is 15.0. The molecule has 0 unspecified atom stereocenters. The highest BCUT2D eigenvalue weighted by molar-refractivity contribution is 7.88. The number of hydrogen-bond donors (Lipinski definition) is 3. The minimum atomic E-state index is -3.45. The Morgan fingerprint density at radius 1 is 1.04 bits per heavy atom. The molecule has 0 bridgehead atoms. The van der Waals surface area contributed by atoms with E-state index in [9.17, 15) is 12.8 Å². The van der Waals surface area contributed by atoms with Crippen molar-refractivity contribution in [1.29, 1.82) is 0 Å². The third kappa shape index (κ3) is 7.02. The van der Waals surface area contributed by atoms with Crippen LogP contribution in [-0.4, -0.2) is 78.1 Å². The van der Waals surface area contributed by atoms with Gasteiger partial charge in [0.15, 0.2) is 5.82 Å². The van der Waals surface area contributed by atoms with Crippen molar-refractivity contribution in [2.24, 2.45) is 4.99 Å². The molecule has 2 aliphatic rings. The van der Waals surface area contributed by atoms with Crippen LogP contribution in [0, 0.1) is 12.7 Å². The first-order valence-electron chi connectivity index (χ1n) is 15.5. The molecule has 0 saturated carbocycles. The molecule has 47 heavy (non-hydrogen) atoms. The Bertz CT molecular complexity index is 2110. The number of benzene rings is 2. The fourth-order valence-electron chi connectivity index (χ4n) is 6.08. The summed E-state index contributed by atoms with van der Waals surface area (Å²) in [5.41, 5.74) is 7.80. The monoisotopic (exact) mass is 654 g/mol. The molecule has 5 aromatic rings. The molecule has 11 nitrogen and oxygen atoms in total. The van der Waals surface area contributed by atoms with Crippen LogP contribution in [0.4, 0.5) is 10.1 Å². The molecule has 2 aliphatic heterocycles. The first-order valence-corrected chi connectivity index (χ1v) is 17.4. The number of ether oxygens (including phenoxy) is 1. The van der Waals surface area contributed by atoms with E-state index in [1.807, 2.05) is 31.3 Å². The lowest BCUT2D eigenvalue weighted by Crippen LogP contribution is -2.25. The summed E-state index contributed by atoms with van der Waals surface area (Å²) in [5, 5.41) is 3.30.